The fourth-order valence-electron chi connectivity index (χ4n) is 10.9. The molecule has 0 N–H and O–H groups in total. The summed E-state index contributed by atoms with van der Waals surface area (Å²) < 4.78 is 7.08. The molecule has 2 heteroatoms. The number of rotatable bonds is 12. The Balaban J connectivity index is 1.49. The van der Waals surface area contributed by atoms with Crippen molar-refractivity contribution < 1.29 is 20.0 Å². The molecule has 0 nitrogen and oxygen atoms in total. The van der Waals surface area contributed by atoms with Gasteiger partial charge in [-0.15, -0.1) is 0 Å². The summed E-state index contributed by atoms with van der Waals surface area (Å²) >= 11 is -3.17. The van der Waals surface area contributed by atoms with Gasteiger partial charge in [-0.3, -0.25) is 0 Å². The molecule has 2 atom stereocenters. The average Bonchev–Trinajstić information content (AvgIpc) is 3.70. The van der Waals surface area contributed by atoms with E-state index in [1.165, 1.54) is 108 Å². The van der Waals surface area contributed by atoms with Crippen molar-refractivity contribution in [1.29, 1.82) is 0 Å². The summed E-state index contributed by atoms with van der Waals surface area (Å²) in [6.07, 6.45) is 16.6. The minimum absolute atomic E-state index is 0.683. The Kier molecular flexibility index (Phi) is 10.4. The molecule has 0 aromatic heterocycles. The molecule has 2 unspecified atom stereocenters. The van der Waals surface area contributed by atoms with E-state index < -0.39 is 28.0 Å². The first kappa shape index (κ1) is 35.8. The SMILES string of the molecule is CCCCCC[Si]1(CCCCCC)C2=Cc3c(-c4c(C)cccc4C)cccc3[CH]2[Hf]([CH3])([CH3])[CH]2C1=Cc1c(-c3c(C)cccc3C)cccc12. The normalized spacial score (nSPS) is 19.4. The Bertz CT molecular complexity index is 1790. The maximum absolute atomic E-state index is 3.17. The van der Waals surface area contributed by atoms with Crippen LogP contribution in [0, 0.1) is 27.7 Å². The Morgan fingerprint density at radius 2 is 0.880 bits per heavy atom. The molecular formula is C48H60HfSi. The summed E-state index contributed by atoms with van der Waals surface area (Å²) in [7, 11) is -2.05. The van der Waals surface area contributed by atoms with Crippen molar-refractivity contribution in [3.8, 4) is 22.3 Å². The van der Waals surface area contributed by atoms with Crippen molar-refractivity contribution in [1.82, 2.24) is 0 Å². The number of unbranched alkanes of at least 4 members (excludes halogenated alkanes) is 6. The van der Waals surface area contributed by atoms with Crippen molar-refractivity contribution in [3.63, 3.8) is 0 Å². The van der Waals surface area contributed by atoms with Crippen molar-refractivity contribution >= 4 is 20.2 Å². The molecule has 1 fully saturated rings. The Labute approximate surface area is 309 Å². The van der Waals surface area contributed by atoms with Crippen LogP contribution in [0.2, 0.25) is 21.4 Å². The molecular weight excluding hydrogens is 783 g/mol. The van der Waals surface area contributed by atoms with Gasteiger partial charge in [0, 0.05) is 0 Å². The van der Waals surface area contributed by atoms with E-state index in [2.05, 4.69) is 136 Å². The van der Waals surface area contributed by atoms with Gasteiger partial charge in [0.25, 0.3) is 0 Å². The summed E-state index contributed by atoms with van der Waals surface area (Å²) in [5.41, 5.74) is 18.1. The molecule has 4 aromatic carbocycles. The third-order valence-electron chi connectivity index (χ3n) is 13.1. The molecule has 1 saturated heterocycles. The molecule has 1 aliphatic heterocycles. The first-order chi connectivity index (χ1) is 24.2. The van der Waals surface area contributed by atoms with E-state index in [0.29, 0.717) is 7.35 Å². The zero-order valence-electron chi connectivity index (χ0n) is 32.3. The molecule has 0 bridgehead atoms. The fraction of sp³-hybridized carbons (Fsp3) is 0.417. The molecule has 2 aliphatic carbocycles. The van der Waals surface area contributed by atoms with Gasteiger partial charge in [0.05, 0.1) is 0 Å². The van der Waals surface area contributed by atoms with Crippen molar-refractivity contribution in [2.75, 3.05) is 0 Å². The van der Waals surface area contributed by atoms with Crippen LogP contribution in [0.3, 0.4) is 0 Å². The second kappa shape index (κ2) is 14.5. The molecule has 0 spiro atoms. The minimum atomic E-state index is -3.17. The molecule has 4 aromatic rings. The van der Waals surface area contributed by atoms with E-state index in [1.807, 2.05) is 10.4 Å². The molecule has 50 heavy (non-hydrogen) atoms. The molecule has 260 valence electrons. The van der Waals surface area contributed by atoms with Crippen LogP contribution in [0.25, 0.3) is 34.4 Å². The fourth-order valence-corrected chi connectivity index (χ4v) is 43.8. The van der Waals surface area contributed by atoms with Crippen molar-refractivity contribution in [2.24, 2.45) is 0 Å². The predicted molar refractivity (Wildman–Crippen MR) is 220 cm³/mol. The van der Waals surface area contributed by atoms with E-state index >= 15 is 0 Å². The van der Waals surface area contributed by atoms with Gasteiger partial charge in [-0.25, -0.2) is 0 Å². The standard InChI is InChI=1S/C46H54Si.2CH3.Hf/c1-7-9-11-13-27-47(28-14-12-10-8-2,39-29-37-23-17-25-41(43(37)31-39)45-33(3)19-15-20-34(45)4)40-30-38-24-18-26-42(44(38)32-40)46-35(5)21-16-22-36(46)6;;;/h15-26,29-32H,7-14,27-28H2,1-6H3;2*1H3;. The van der Waals surface area contributed by atoms with Gasteiger partial charge in [0.1, 0.15) is 0 Å². The van der Waals surface area contributed by atoms with Crippen LogP contribution < -0.4 is 0 Å². The topological polar surface area (TPSA) is 0 Å². The zero-order chi connectivity index (χ0) is 35.2. The number of aryl methyl sites for hydroxylation is 4. The summed E-state index contributed by atoms with van der Waals surface area (Å²) in [5.74, 6) is 0. The van der Waals surface area contributed by atoms with Gasteiger partial charge >= 0.3 is 312 Å². The Morgan fingerprint density at radius 3 is 1.26 bits per heavy atom. The van der Waals surface area contributed by atoms with Crippen LogP contribution in [-0.4, -0.2) is 8.07 Å². The second-order valence-electron chi connectivity index (χ2n) is 16.7. The van der Waals surface area contributed by atoms with Crippen molar-refractivity contribution in [3.05, 3.63) is 128 Å². The van der Waals surface area contributed by atoms with Crippen LogP contribution in [0.5, 0.6) is 0 Å². The monoisotopic (exact) mass is 844 g/mol. The van der Waals surface area contributed by atoms with Crippen LogP contribution in [-0.2, 0) is 20.0 Å². The van der Waals surface area contributed by atoms with Crippen LogP contribution in [0.15, 0.2) is 83.2 Å². The zero-order valence-corrected chi connectivity index (χ0v) is 36.9. The van der Waals surface area contributed by atoms with Gasteiger partial charge in [-0.1, -0.05) is 0 Å². The van der Waals surface area contributed by atoms with Crippen LogP contribution in [0.4, 0.5) is 0 Å². The summed E-state index contributed by atoms with van der Waals surface area (Å²) in [6, 6.07) is 31.5. The van der Waals surface area contributed by atoms with E-state index in [4.69, 9.17) is 0 Å². The number of hydrogen-bond acceptors (Lipinski definition) is 0. The number of benzene rings is 4. The summed E-state index contributed by atoms with van der Waals surface area (Å²) in [4.78, 5) is 0. The van der Waals surface area contributed by atoms with E-state index in [-0.39, 0.29) is 0 Å². The number of hydrogen-bond donors (Lipinski definition) is 0. The molecule has 0 saturated carbocycles. The average molecular weight is 844 g/mol. The summed E-state index contributed by atoms with van der Waals surface area (Å²) in [6.45, 7) is 14.0. The first-order valence-electron chi connectivity index (χ1n) is 20.0. The van der Waals surface area contributed by atoms with E-state index in [1.54, 1.807) is 22.3 Å². The molecule has 7 rings (SSSR count). The van der Waals surface area contributed by atoms with Gasteiger partial charge < -0.3 is 0 Å². The molecule has 0 amide bonds. The molecule has 3 aliphatic rings. The predicted octanol–water partition coefficient (Wildman–Crippen LogP) is 14.8. The van der Waals surface area contributed by atoms with Crippen LogP contribution in [0.1, 0.15) is 117 Å². The molecule has 0 radical (unpaired) electrons. The quantitative estimate of drug-likeness (QED) is 0.0985. The van der Waals surface area contributed by atoms with Gasteiger partial charge in [0.2, 0.25) is 0 Å². The van der Waals surface area contributed by atoms with Gasteiger partial charge in [0.15, 0.2) is 0 Å². The Morgan fingerprint density at radius 1 is 0.500 bits per heavy atom. The van der Waals surface area contributed by atoms with Gasteiger partial charge in [-0.2, -0.15) is 0 Å². The number of allylic oxidation sites excluding steroid dienone is 2. The number of fused-ring (bicyclic) bond motifs is 6. The first-order valence-corrected chi connectivity index (χ1v) is 33.7. The third kappa shape index (κ3) is 5.89. The van der Waals surface area contributed by atoms with E-state index in [0.717, 1.165) is 0 Å². The molecule has 1 heterocycles. The second-order valence-corrected chi connectivity index (χ2v) is 38.3. The maximum atomic E-state index is 2.86. The van der Waals surface area contributed by atoms with Gasteiger partial charge in [-0.05, 0) is 0 Å². The van der Waals surface area contributed by atoms with Crippen molar-refractivity contribution in [2.45, 2.75) is 122 Å². The third-order valence-corrected chi connectivity index (χ3v) is 35.9. The van der Waals surface area contributed by atoms with E-state index in [9.17, 15) is 0 Å². The Hall–Kier alpha value is -2.55. The summed E-state index contributed by atoms with van der Waals surface area (Å²) in [5, 5.41) is 3.93. The van der Waals surface area contributed by atoms with Crippen LogP contribution >= 0.6 is 0 Å².